The molecule has 0 bridgehead atoms. The van der Waals surface area contributed by atoms with Crippen LogP contribution in [-0.2, 0) is 16.1 Å². The van der Waals surface area contributed by atoms with Crippen molar-refractivity contribution in [2.24, 2.45) is 0 Å². The second-order valence-corrected chi connectivity index (χ2v) is 3.89. The molecule has 1 aromatic rings. The van der Waals surface area contributed by atoms with Crippen LogP contribution in [0.15, 0.2) is 20.3 Å². The Morgan fingerprint density at radius 1 is 1.47 bits per heavy atom. The van der Waals surface area contributed by atoms with Gasteiger partial charge < -0.3 is 10.4 Å². The summed E-state index contributed by atoms with van der Waals surface area (Å²) in [6, 6.07) is 0. The van der Waals surface area contributed by atoms with Crippen molar-refractivity contribution < 1.29 is 14.7 Å². The second kappa shape index (κ2) is 5.43. The maximum absolute atomic E-state index is 11.3. The number of carbonyl (C=O) groups excluding carboxylic acids is 1. The number of halogens is 1. The summed E-state index contributed by atoms with van der Waals surface area (Å²) in [5.41, 5.74) is -1.35. The molecule has 0 unspecified atom stereocenters. The summed E-state index contributed by atoms with van der Waals surface area (Å²) >= 11 is 2.90. The average molecular weight is 306 g/mol. The average Bonchev–Trinajstić information content (AvgIpc) is 2.23. The van der Waals surface area contributed by atoms with Crippen LogP contribution in [0.2, 0.25) is 0 Å². The van der Waals surface area contributed by atoms with E-state index in [1.54, 1.807) is 0 Å². The van der Waals surface area contributed by atoms with E-state index in [4.69, 9.17) is 5.11 Å². The van der Waals surface area contributed by atoms with Gasteiger partial charge in [-0.1, -0.05) is 0 Å². The quantitative estimate of drug-likeness (QED) is 0.625. The molecule has 1 aromatic heterocycles. The van der Waals surface area contributed by atoms with Crippen LogP contribution in [0.3, 0.4) is 0 Å². The molecule has 0 radical (unpaired) electrons. The van der Waals surface area contributed by atoms with Crippen molar-refractivity contribution >= 4 is 27.8 Å². The van der Waals surface area contributed by atoms with E-state index >= 15 is 0 Å². The molecule has 0 fully saturated rings. The van der Waals surface area contributed by atoms with Gasteiger partial charge in [-0.25, -0.2) is 4.79 Å². The number of carbonyl (C=O) groups is 2. The fourth-order valence-electron chi connectivity index (χ4n) is 0.985. The standard InChI is InChI=1S/C8H8BrN3O5/c9-4-2-12(8(17)11-7(4)16)3-5(13)10-1-6(14)15/h2H,1,3H2,(H,10,13)(H,14,15)(H,11,16,17). The Morgan fingerprint density at radius 3 is 2.71 bits per heavy atom. The van der Waals surface area contributed by atoms with Crippen LogP contribution in [0.4, 0.5) is 0 Å². The summed E-state index contributed by atoms with van der Waals surface area (Å²) in [6.07, 6.45) is 1.15. The van der Waals surface area contributed by atoms with Crippen molar-refractivity contribution in [2.75, 3.05) is 6.54 Å². The Morgan fingerprint density at radius 2 is 2.12 bits per heavy atom. The highest BCUT2D eigenvalue weighted by Gasteiger charge is 2.08. The molecule has 0 saturated carbocycles. The number of nitrogens with one attached hydrogen (secondary N) is 2. The molecule has 0 spiro atoms. The van der Waals surface area contributed by atoms with E-state index in [-0.39, 0.29) is 11.0 Å². The first-order valence-electron chi connectivity index (χ1n) is 4.38. The number of aromatic nitrogens is 2. The Kier molecular flexibility index (Phi) is 4.21. The molecule has 1 heterocycles. The van der Waals surface area contributed by atoms with Gasteiger partial charge in [0, 0.05) is 6.20 Å². The maximum atomic E-state index is 11.3. The van der Waals surface area contributed by atoms with Gasteiger partial charge in [-0.05, 0) is 15.9 Å². The molecule has 0 aliphatic carbocycles. The van der Waals surface area contributed by atoms with Crippen molar-refractivity contribution in [1.29, 1.82) is 0 Å². The molecule has 1 rings (SSSR count). The maximum Gasteiger partial charge on any atom is 0.328 e. The van der Waals surface area contributed by atoms with Gasteiger partial charge in [0.05, 0.1) is 4.47 Å². The molecule has 9 heteroatoms. The van der Waals surface area contributed by atoms with E-state index in [1.807, 2.05) is 4.98 Å². The largest absolute Gasteiger partial charge is 0.480 e. The highest BCUT2D eigenvalue weighted by atomic mass is 79.9. The lowest BCUT2D eigenvalue weighted by atomic mass is 10.5. The zero-order valence-electron chi connectivity index (χ0n) is 8.40. The predicted molar refractivity (Wildman–Crippen MR) is 59.7 cm³/mol. The first kappa shape index (κ1) is 13.2. The highest BCUT2D eigenvalue weighted by molar-refractivity contribution is 9.10. The first-order valence-corrected chi connectivity index (χ1v) is 5.17. The SMILES string of the molecule is O=C(O)CNC(=O)Cn1cc(Br)c(=O)[nH]c1=O. The molecule has 0 aromatic carbocycles. The minimum atomic E-state index is -1.19. The fourth-order valence-corrected chi connectivity index (χ4v) is 1.33. The van der Waals surface area contributed by atoms with Gasteiger partial charge in [-0.15, -0.1) is 0 Å². The topological polar surface area (TPSA) is 121 Å². The summed E-state index contributed by atoms with van der Waals surface area (Å²) in [4.78, 5) is 45.6. The number of nitrogens with zero attached hydrogens (tertiary/aromatic N) is 1. The number of rotatable bonds is 4. The van der Waals surface area contributed by atoms with Crippen LogP contribution in [0.5, 0.6) is 0 Å². The molecule has 92 valence electrons. The first-order chi connectivity index (χ1) is 7.90. The van der Waals surface area contributed by atoms with E-state index in [0.717, 1.165) is 10.8 Å². The van der Waals surface area contributed by atoms with Crippen molar-refractivity contribution in [2.45, 2.75) is 6.54 Å². The minimum absolute atomic E-state index is 0.100. The number of carboxylic acids is 1. The van der Waals surface area contributed by atoms with Crippen LogP contribution >= 0.6 is 15.9 Å². The molecule has 8 nitrogen and oxygen atoms in total. The third kappa shape index (κ3) is 3.87. The van der Waals surface area contributed by atoms with Crippen molar-refractivity contribution in [3.63, 3.8) is 0 Å². The fraction of sp³-hybridized carbons (Fsp3) is 0.250. The lowest BCUT2D eigenvalue weighted by molar-refractivity contribution is -0.138. The van der Waals surface area contributed by atoms with Gasteiger partial charge in [0.15, 0.2) is 0 Å². The third-order valence-corrected chi connectivity index (χ3v) is 2.28. The van der Waals surface area contributed by atoms with E-state index in [1.165, 1.54) is 0 Å². The number of hydrogen-bond donors (Lipinski definition) is 3. The van der Waals surface area contributed by atoms with Crippen LogP contribution < -0.4 is 16.6 Å². The molecule has 3 N–H and O–H groups in total. The van der Waals surface area contributed by atoms with Crippen molar-refractivity contribution in [1.82, 2.24) is 14.9 Å². The molecule has 1 amide bonds. The Labute approximate surface area is 102 Å². The zero-order chi connectivity index (χ0) is 13.0. The van der Waals surface area contributed by atoms with E-state index in [9.17, 15) is 19.2 Å². The highest BCUT2D eigenvalue weighted by Crippen LogP contribution is 1.97. The van der Waals surface area contributed by atoms with Gasteiger partial charge in [-0.3, -0.25) is 23.9 Å². The molecular formula is C8H8BrN3O5. The third-order valence-electron chi connectivity index (χ3n) is 1.72. The Bertz CT molecular complexity index is 561. The van der Waals surface area contributed by atoms with E-state index < -0.39 is 29.7 Å². The number of hydrogen-bond acceptors (Lipinski definition) is 4. The van der Waals surface area contributed by atoms with Crippen LogP contribution in [-0.4, -0.2) is 33.1 Å². The number of H-pyrrole nitrogens is 1. The monoisotopic (exact) mass is 305 g/mol. The Hall–Kier alpha value is -1.90. The predicted octanol–water partition coefficient (Wildman–Crippen LogP) is -1.50. The number of aliphatic carboxylic acids is 1. The van der Waals surface area contributed by atoms with E-state index in [0.29, 0.717) is 0 Å². The Balaban J connectivity index is 2.79. The van der Waals surface area contributed by atoms with Crippen LogP contribution in [0.25, 0.3) is 0 Å². The minimum Gasteiger partial charge on any atom is -0.480 e. The van der Waals surface area contributed by atoms with E-state index in [2.05, 4.69) is 21.2 Å². The summed E-state index contributed by atoms with van der Waals surface area (Å²) in [5.74, 6) is -1.83. The van der Waals surface area contributed by atoms with Gasteiger partial charge in [-0.2, -0.15) is 0 Å². The number of amides is 1. The molecule has 0 saturated heterocycles. The number of aromatic amines is 1. The van der Waals surface area contributed by atoms with Gasteiger partial charge >= 0.3 is 11.7 Å². The summed E-state index contributed by atoms with van der Waals surface area (Å²) in [6.45, 7) is -0.903. The van der Waals surface area contributed by atoms with Crippen LogP contribution in [0.1, 0.15) is 0 Å². The molecular weight excluding hydrogens is 298 g/mol. The molecule has 17 heavy (non-hydrogen) atoms. The lowest BCUT2D eigenvalue weighted by Gasteiger charge is -2.05. The molecule has 0 aliphatic rings. The zero-order valence-corrected chi connectivity index (χ0v) is 9.98. The normalized spacial score (nSPS) is 9.94. The lowest BCUT2D eigenvalue weighted by Crippen LogP contribution is -2.37. The second-order valence-electron chi connectivity index (χ2n) is 3.03. The van der Waals surface area contributed by atoms with Crippen LogP contribution in [0, 0.1) is 0 Å². The molecule has 0 aliphatic heterocycles. The summed E-state index contributed by atoms with van der Waals surface area (Å²) in [5, 5.41) is 10.4. The van der Waals surface area contributed by atoms with Gasteiger partial charge in [0.1, 0.15) is 13.1 Å². The van der Waals surface area contributed by atoms with Crippen molar-refractivity contribution in [3.05, 3.63) is 31.5 Å². The van der Waals surface area contributed by atoms with Gasteiger partial charge in [0.25, 0.3) is 5.56 Å². The summed E-state index contributed by atoms with van der Waals surface area (Å²) in [7, 11) is 0. The molecule has 0 atom stereocenters. The smallest absolute Gasteiger partial charge is 0.328 e. The summed E-state index contributed by atoms with van der Waals surface area (Å²) < 4.78 is 1.05. The van der Waals surface area contributed by atoms with Gasteiger partial charge in [0.2, 0.25) is 5.91 Å². The number of carboxylic acid groups (broad SMARTS) is 1. The van der Waals surface area contributed by atoms with Crippen molar-refractivity contribution in [3.8, 4) is 0 Å².